The van der Waals surface area contributed by atoms with Gasteiger partial charge >= 0.3 is 0 Å². The molecule has 0 aliphatic heterocycles. The third-order valence-corrected chi connectivity index (χ3v) is 4.37. The number of hydrogen-bond acceptors (Lipinski definition) is 2. The predicted molar refractivity (Wildman–Crippen MR) is 86.7 cm³/mol. The van der Waals surface area contributed by atoms with Crippen molar-refractivity contribution in [2.75, 3.05) is 11.1 Å². The summed E-state index contributed by atoms with van der Waals surface area (Å²) >= 11 is 0. The molecule has 0 fully saturated rings. The van der Waals surface area contributed by atoms with Gasteiger partial charge in [0.25, 0.3) is 5.91 Å². The molecule has 0 bridgehead atoms. The zero-order valence-electron chi connectivity index (χ0n) is 12.5. The third kappa shape index (κ3) is 2.51. The number of amides is 1. The van der Waals surface area contributed by atoms with Gasteiger partial charge in [0.05, 0.1) is 11.4 Å². The summed E-state index contributed by atoms with van der Waals surface area (Å²) < 4.78 is 0. The zero-order valence-corrected chi connectivity index (χ0v) is 12.5. The highest BCUT2D eigenvalue weighted by Gasteiger charge is 2.15. The Hall–Kier alpha value is -2.29. The lowest BCUT2D eigenvalue weighted by molar-refractivity contribution is 0.102. The lowest BCUT2D eigenvalue weighted by Crippen LogP contribution is -2.15. The molecule has 0 unspecified atom stereocenters. The fourth-order valence-corrected chi connectivity index (χ4v) is 2.90. The second-order valence-corrected chi connectivity index (χ2v) is 5.76. The van der Waals surface area contributed by atoms with E-state index in [2.05, 4.69) is 11.4 Å². The minimum absolute atomic E-state index is 0.0925. The molecule has 3 heteroatoms. The van der Waals surface area contributed by atoms with Crippen LogP contribution in [0.3, 0.4) is 0 Å². The van der Waals surface area contributed by atoms with Crippen molar-refractivity contribution in [3.8, 4) is 0 Å². The van der Waals surface area contributed by atoms with Crippen LogP contribution in [0.15, 0.2) is 30.3 Å². The monoisotopic (exact) mass is 280 g/mol. The van der Waals surface area contributed by atoms with E-state index in [1.165, 1.54) is 17.5 Å². The molecule has 2 aromatic rings. The van der Waals surface area contributed by atoms with Crippen molar-refractivity contribution < 1.29 is 4.79 Å². The van der Waals surface area contributed by atoms with Crippen LogP contribution in [-0.2, 0) is 12.8 Å². The fourth-order valence-electron chi connectivity index (χ4n) is 2.90. The summed E-state index contributed by atoms with van der Waals surface area (Å²) in [4.78, 5) is 12.5. The molecular weight excluding hydrogens is 260 g/mol. The Balaban J connectivity index is 1.89. The number of benzene rings is 2. The second kappa shape index (κ2) is 5.24. The van der Waals surface area contributed by atoms with Crippen LogP contribution < -0.4 is 11.1 Å². The van der Waals surface area contributed by atoms with Crippen LogP contribution in [0.5, 0.6) is 0 Å². The summed E-state index contributed by atoms with van der Waals surface area (Å²) in [5.41, 5.74) is 12.8. The predicted octanol–water partition coefficient (Wildman–Crippen LogP) is 3.63. The molecule has 1 aliphatic carbocycles. The van der Waals surface area contributed by atoms with E-state index in [-0.39, 0.29) is 5.91 Å². The molecule has 3 N–H and O–H groups in total. The minimum Gasteiger partial charge on any atom is -0.397 e. The summed E-state index contributed by atoms with van der Waals surface area (Å²) in [6.07, 6.45) is 3.38. The van der Waals surface area contributed by atoms with E-state index in [4.69, 9.17) is 5.73 Å². The molecular formula is C18H20N2O. The largest absolute Gasteiger partial charge is 0.397 e. The molecule has 1 amide bonds. The smallest absolute Gasteiger partial charge is 0.255 e. The zero-order chi connectivity index (χ0) is 15.0. The lowest BCUT2D eigenvalue weighted by Gasteiger charge is -2.14. The summed E-state index contributed by atoms with van der Waals surface area (Å²) in [6.45, 7) is 3.99. The topological polar surface area (TPSA) is 55.1 Å². The van der Waals surface area contributed by atoms with Crippen LogP contribution in [0.25, 0.3) is 0 Å². The standard InChI is InChI=1S/C18H20N2O/c1-11-6-9-16(19)17(12(11)2)20-18(21)15-8-7-13-4-3-5-14(13)10-15/h6-10H,3-5,19H2,1-2H3,(H,20,21). The molecule has 0 saturated heterocycles. The number of aryl methyl sites for hydroxylation is 3. The molecule has 2 aromatic carbocycles. The van der Waals surface area contributed by atoms with Crippen molar-refractivity contribution in [2.24, 2.45) is 0 Å². The summed E-state index contributed by atoms with van der Waals surface area (Å²) in [5.74, 6) is -0.0925. The third-order valence-electron chi connectivity index (χ3n) is 4.37. The van der Waals surface area contributed by atoms with Crippen molar-refractivity contribution >= 4 is 17.3 Å². The van der Waals surface area contributed by atoms with Crippen molar-refractivity contribution in [1.29, 1.82) is 0 Å². The number of fused-ring (bicyclic) bond motifs is 1. The summed E-state index contributed by atoms with van der Waals surface area (Å²) in [7, 11) is 0. The van der Waals surface area contributed by atoms with Gasteiger partial charge in [0, 0.05) is 5.56 Å². The maximum Gasteiger partial charge on any atom is 0.255 e. The van der Waals surface area contributed by atoms with Gasteiger partial charge < -0.3 is 11.1 Å². The maximum absolute atomic E-state index is 12.5. The molecule has 0 aromatic heterocycles. The highest BCUT2D eigenvalue weighted by molar-refractivity contribution is 6.06. The Morgan fingerprint density at radius 2 is 1.86 bits per heavy atom. The average Bonchev–Trinajstić information content (AvgIpc) is 2.94. The van der Waals surface area contributed by atoms with Crippen LogP contribution in [0.4, 0.5) is 11.4 Å². The SMILES string of the molecule is Cc1ccc(N)c(NC(=O)c2ccc3c(c2)CCC3)c1C. The highest BCUT2D eigenvalue weighted by atomic mass is 16.1. The number of nitrogen functional groups attached to an aromatic ring is 1. The molecule has 0 saturated carbocycles. The first kappa shape index (κ1) is 13.7. The Kier molecular flexibility index (Phi) is 3.42. The van der Waals surface area contributed by atoms with E-state index in [9.17, 15) is 4.79 Å². The number of anilines is 2. The van der Waals surface area contributed by atoms with E-state index in [0.717, 1.165) is 29.7 Å². The highest BCUT2D eigenvalue weighted by Crippen LogP contribution is 2.27. The Bertz CT molecular complexity index is 719. The Labute approximate surface area is 125 Å². The molecule has 0 atom stereocenters. The second-order valence-electron chi connectivity index (χ2n) is 5.76. The number of rotatable bonds is 2. The normalized spacial score (nSPS) is 13.0. The van der Waals surface area contributed by atoms with Gasteiger partial charge in [-0.25, -0.2) is 0 Å². The van der Waals surface area contributed by atoms with Gasteiger partial charge in [-0.05, 0) is 73.6 Å². The number of carbonyl (C=O) groups is 1. The van der Waals surface area contributed by atoms with E-state index in [1.807, 2.05) is 38.1 Å². The molecule has 21 heavy (non-hydrogen) atoms. The maximum atomic E-state index is 12.5. The number of carbonyl (C=O) groups excluding carboxylic acids is 1. The van der Waals surface area contributed by atoms with Crippen molar-refractivity contribution in [3.63, 3.8) is 0 Å². The van der Waals surface area contributed by atoms with Crippen LogP contribution in [0.2, 0.25) is 0 Å². The van der Waals surface area contributed by atoms with Gasteiger partial charge in [0.2, 0.25) is 0 Å². The van der Waals surface area contributed by atoms with Crippen LogP contribution in [-0.4, -0.2) is 5.91 Å². The molecule has 1 aliphatic rings. The first-order valence-electron chi connectivity index (χ1n) is 7.35. The minimum atomic E-state index is -0.0925. The Morgan fingerprint density at radius 1 is 1.10 bits per heavy atom. The van der Waals surface area contributed by atoms with Crippen LogP contribution in [0.1, 0.15) is 39.0 Å². The summed E-state index contributed by atoms with van der Waals surface area (Å²) in [5, 5.41) is 2.96. The number of nitrogens with two attached hydrogens (primary N) is 1. The van der Waals surface area contributed by atoms with Gasteiger partial charge in [-0.3, -0.25) is 4.79 Å². The van der Waals surface area contributed by atoms with Crippen molar-refractivity contribution in [1.82, 2.24) is 0 Å². The van der Waals surface area contributed by atoms with E-state index in [1.54, 1.807) is 0 Å². The van der Waals surface area contributed by atoms with E-state index < -0.39 is 0 Å². The van der Waals surface area contributed by atoms with Gasteiger partial charge in [0.1, 0.15) is 0 Å². The van der Waals surface area contributed by atoms with Gasteiger partial charge in [0.15, 0.2) is 0 Å². The quantitative estimate of drug-likeness (QED) is 0.825. The van der Waals surface area contributed by atoms with Crippen molar-refractivity contribution in [3.05, 3.63) is 58.1 Å². The fraction of sp³-hybridized carbons (Fsp3) is 0.278. The van der Waals surface area contributed by atoms with Gasteiger partial charge in [-0.2, -0.15) is 0 Å². The molecule has 0 spiro atoms. The number of hydrogen-bond donors (Lipinski definition) is 2. The first-order valence-corrected chi connectivity index (χ1v) is 7.35. The molecule has 108 valence electrons. The van der Waals surface area contributed by atoms with E-state index in [0.29, 0.717) is 11.3 Å². The van der Waals surface area contributed by atoms with Gasteiger partial charge in [-0.15, -0.1) is 0 Å². The van der Waals surface area contributed by atoms with Crippen LogP contribution in [0, 0.1) is 13.8 Å². The van der Waals surface area contributed by atoms with E-state index >= 15 is 0 Å². The number of nitrogens with one attached hydrogen (secondary N) is 1. The molecule has 0 heterocycles. The van der Waals surface area contributed by atoms with Gasteiger partial charge in [-0.1, -0.05) is 12.1 Å². The average molecular weight is 280 g/mol. The first-order chi connectivity index (χ1) is 10.1. The van der Waals surface area contributed by atoms with Crippen LogP contribution >= 0.6 is 0 Å². The summed E-state index contributed by atoms with van der Waals surface area (Å²) in [6, 6.07) is 9.79. The van der Waals surface area contributed by atoms with Crippen molar-refractivity contribution in [2.45, 2.75) is 33.1 Å². The Morgan fingerprint density at radius 3 is 2.67 bits per heavy atom. The lowest BCUT2D eigenvalue weighted by atomic mass is 10.0. The molecule has 0 radical (unpaired) electrons. The molecule has 3 nitrogen and oxygen atoms in total. The molecule has 3 rings (SSSR count).